The van der Waals surface area contributed by atoms with Crippen LogP contribution < -0.4 is 5.73 Å². The summed E-state index contributed by atoms with van der Waals surface area (Å²) < 4.78 is 37.8. The van der Waals surface area contributed by atoms with Gasteiger partial charge in [-0.25, -0.2) is 0 Å². The number of carbonyl (C=O) groups excluding carboxylic acids is 1. The fourth-order valence-corrected chi connectivity index (χ4v) is 3.22. The first-order chi connectivity index (χ1) is 11.2. The molecular weight excluding hydrogens is 353 g/mol. The van der Waals surface area contributed by atoms with Gasteiger partial charge in [-0.1, -0.05) is 19.1 Å². The maximum absolute atomic E-state index is 12.6. The first kappa shape index (κ1) is 21.8. The Bertz CT molecular complexity index is 560. The molecule has 0 saturated carbocycles. The number of carbonyl (C=O) groups is 1. The molecule has 1 aliphatic rings. The van der Waals surface area contributed by atoms with Gasteiger partial charge in [0.05, 0.1) is 5.56 Å². The number of alkyl halides is 3. The Labute approximate surface area is 153 Å². The molecule has 7 heteroatoms. The number of amides is 1. The first-order valence-electron chi connectivity index (χ1n) is 8.39. The Morgan fingerprint density at radius 2 is 1.88 bits per heavy atom. The third-order valence-electron chi connectivity index (χ3n) is 4.76. The standard InChI is InChI=1S/C18H25F3N2O.ClH/c1-12(10-14-5-7-16(8-6-14)18(19,20)21)17(24)23-9-3-4-15(11-23)13(2)22;/h5-8,12-13,15H,3-4,9-11,22H2,1-2H3;1H. The number of nitrogens with two attached hydrogens (primary N) is 1. The normalized spacial score (nSPS) is 20.6. The number of halogens is 4. The number of likely N-dealkylation sites (tertiary alicyclic amines) is 1. The Hall–Kier alpha value is -1.27. The van der Waals surface area contributed by atoms with Crippen molar-refractivity contribution in [3.8, 4) is 0 Å². The SMILES string of the molecule is CC(Cc1ccc(C(F)(F)F)cc1)C(=O)N1CCCC(C(C)N)C1.Cl. The van der Waals surface area contributed by atoms with Crippen LogP contribution in [0.1, 0.15) is 37.8 Å². The van der Waals surface area contributed by atoms with Crippen molar-refractivity contribution in [2.45, 2.75) is 45.3 Å². The first-order valence-corrected chi connectivity index (χ1v) is 8.39. The van der Waals surface area contributed by atoms with Gasteiger partial charge in [0, 0.05) is 25.0 Å². The van der Waals surface area contributed by atoms with Crippen LogP contribution in [-0.4, -0.2) is 29.9 Å². The monoisotopic (exact) mass is 378 g/mol. The summed E-state index contributed by atoms with van der Waals surface area (Å²) in [7, 11) is 0. The molecule has 0 aromatic heterocycles. The minimum Gasteiger partial charge on any atom is -0.342 e. The van der Waals surface area contributed by atoms with E-state index in [4.69, 9.17) is 5.73 Å². The van der Waals surface area contributed by atoms with Gasteiger partial charge in [-0.15, -0.1) is 12.4 Å². The highest BCUT2D eigenvalue weighted by molar-refractivity contribution is 5.85. The summed E-state index contributed by atoms with van der Waals surface area (Å²) in [5.74, 6) is 0.120. The molecule has 1 saturated heterocycles. The van der Waals surface area contributed by atoms with Crippen molar-refractivity contribution in [3.63, 3.8) is 0 Å². The van der Waals surface area contributed by atoms with Crippen molar-refractivity contribution in [1.82, 2.24) is 4.90 Å². The molecule has 1 amide bonds. The van der Waals surface area contributed by atoms with Gasteiger partial charge in [0.15, 0.2) is 0 Å². The van der Waals surface area contributed by atoms with Gasteiger partial charge in [0.2, 0.25) is 5.91 Å². The van der Waals surface area contributed by atoms with Gasteiger partial charge >= 0.3 is 6.18 Å². The average Bonchev–Trinajstić information content (AvgIpc) is 2.53. The van der Waals surface area contributed by atoms with E-state index in [9.17, 15) is 18.0 Å². The van der Waals surface area contributed by atoms with Crippen LogP contribution in [0.2, 0.25) is 0 Å². The molecule has 3 nitrogen and oxygen atoms in total. The van der Waals surface area contributed by atoms with E-state index in [1.165, 1.54) is 12.1 Å². The van der Waals surface area contributed by atoms with Gasteiger partial charge in [0.25, 0.3) is 0 Å². The molecule has 0 spiro atoms. The fourth-order valence-electron chi connectivity index (χ4n) is 3.22. The molecule has 0 radical (unpaired) electrons. The fraction of sp³-hybridized carbons (Fsp3) is 0.611. The van der Waals surface area contributed by atoms with Crippen LogP contribution in [0.25, 0.3) is 0 Å². The molecule has 142 valence electrons. The molecule has 1 heterocycles. The Morgan fingerprint density at radius 3 is 2.40 bits per heavy atom. The molecule has 3 unspecified atom stereocenters. The van der Waals surface area contributed by atoms with Crippen LogP contribution in [0.4, 0.5) is 13.2 Å². The lowest BCUT2D eigenvalue weighted by Crippen LogP contribution is -2.46. The average molecular weight is 379 g/mol. The van der Waals surface area contributed by atoms with E-state index >= 15 is 0 Å². The van der Waals surface area contributed by atoms with E-state index in [-0.39, 0.29) is 30.3 Å². The van der Waals surface area contributed by atoms with E-state index in [2.05, 4.69) is 0 Å². The molecule has 1 aromatic carbocycles. The summed E-state index contributed by atoms with van der Waals surface area (Å²) in [4.78, 5) is 14.5. The van der Waals surface area contributed by atoms with E-state index < -0.39 is 11.7 Å². The molecular formula is C18H26ClF3N2O. The molecule has 1 aromatic rings. The highest BCUT2D eigenvalue weighted by atomic mass is 35.5. The van der Waals surface area contributed by atoms with Gasteiger partial charge < -0.3 is 10.6 Å². The number of benzene rings is 1. The second-order valence-electron chi connectivity index (χ2n) is 6.85. The number of hydrogen-bond acceptors (Lipinski definition) is 2. The third-order valence-corrected chi connectivity index (χ3v) is 4.76. The molecule has 1 aliphatic heterocycles. The van der Waals surface area contributed by atoms with Crippen molar-refractivity contribution < 1.29 is 18.0 Å². The summed E-state index contributed by atoms with van der Waals surface area (Å²) in [5.41, 5.74) is 6.02. The van der Waals surface area contributed by atoms with Gasteiger partial charge in [0.1, 0.15) is 0 Å². The minimum atomic E-state index is -4.33. The Morgan fingerprint density at radius 1 is 1.28 bits per heavy atom. The van der Waals surface area contributed by atoms with Crippen LogP contribution in [0.5, 0.6) is 0 Å². The summed E-state index contributed by atoms with van der Waals surface area (Å²) in [6.07, 6.45) is -1.91. The predicted octanol–water partition coefficient (Wildman–Crippen LogP) is 3.89. The third kappa shape index (κ3) is 5.89. The molecule has 3 atom stereocenters. The quantitative estimate of drug-likeness (QED) is 0.863. The predicted molar refractivity (Wildman–Crippen MR) is 94.5 cm³/mol. The molecule has 0 bridgehead atoms. The second kappa shape index (κ2) is 8.90. The maximum atomic E-state index is 12.6. The van der Waals surface area contributed by atoms with Crippen molar-refractivity contribution in [2.75, 3.05) is 13.1 Å². The van der Waals surface area contributed by atoms with Gasteiger partial charge in [-0.05, 0) is 49.8 Å². The van der Waals surface area contributed by atoms with Crippen molar-refractivity contribution in [1.29, 1.82) is 0 Å². The lowest BCUT2D eigenvalue weighted by atomic mass is 9.90. The summed E-state index contributed by atoms with van der Waals surface area (Å²) in [5, 5.41) is 0. The largest absolute Gasteiger partial charge is 0.416 e. The zero-order chi connectivity index (χ0) is 17.9. The van der Waals surface area contributed by atoms with Crippen LogP contribution in [0.15, 0.2) is 24.3 Å². The zero-order valence-electron chi connectivity index (χ0n) is 14.6. The van der Waals surface area contributed by atoms with Crippen molar-refractivity contribution >= 4 is 18.3 Å². The number of hydrogen-bond donors (Lipinski definition) is 1. The van der Waals surface area contributed by atoms with Crippen LogP contribution in [0.3, 0.4) is 0 Å². The topological polar surface area (TPSA) is 46.3 Å². The second-order valence-corrected chi connectivity index (χ2v) is 6.85. The zero-order valence-corrected chi connectivity index (χ0v) is 15.4. The Balaban J connectivity index is 0.00000312. The molecule has 2 rings (SSSR count). The minimum absolute atomic E-state index is 0. The van der Waals surface area contributed by atoms with Gasteiger partial charge in [-0.3, -0.25) is 4.79 Å². The molecule has 0 aliphatic carbocycles. The van der Waals surface area contributed by atoms with Crippen LogP contribution in [0, 0.1) is 11.8 Å². The van der Waals surface area contributed by atoms with E-state index in [1.807, 2.05) is 18.7 Å². The van der Waals surface area contributed by atoms with Crippen LogP contribution >= 0.6 is 12.4 Å². The Kier molecular flexibility index (Phi) is 7.75. The summed E-state index contributed by atoms with van der Waals surface area (Å²) >= 11 is 0. The maximum Gasteiger partial charge on any atom is 0.416 e. The number of rotatable bonds is 4. The van der Waals surface area contributed by atoms with E-state index in [1.54, 1.807) is 0 Å². The van der Waals surface area contributed by atoms with Gasteiger partial charge in [-0.2, -0.15) is 13.2 Å². The van der Waals surface area contributed by atoms with E-state index in [0.29, 0.717) is 18.9 Å². The molecule has 2 N–H and O–H groups in total. The highest BCUT2D eigenvalue weighted by Crippen LogP contribution is 2.29. The van der Waals surface area contributed by atoms with Crippen molar-refractivity contribution in [2.24, 2.45) is 17.6 Å². The number of piperidine rings is 1. The molecule has 25 heavy (non-hydrogen) atoms. The van der Waals surface area contributed by atoms with Crippen LogP contribution in [-0.2, 0) is 17.4 Å². The lowest BCUT2D eigenvalue weighted by molar-refractivity contribution is -0.138. The van der Waals surface area contributed by atoms with E-state index in [0.717, 1.165) is 37.1 Å². The highest BCUT2D eigenvalue weighted by Gasteiger charge is 2.31. The summed E-state index contributed by atoms with van der Waals surface area (Å²) in [6, 6.07) is 5.10. The smallest absolute Gasteiger partial charge is 0.342 e. The lowest BCUT2D eigenvalue weighted by Gasteiger charge is -2.36. The summed E-state index contributed by atoms with van der Waals surface area (Å²) in [6.45, 7) is 5.20. The van der Waals surface area contributed by atoms with Crippen molar-refractivity contribution in [3.05, 3.63) is 35.4 Å². The number of nitrogens with zero attached hydrogens (tertiary/aromatic N) is 1. The molecule has 1 fully saturated rings.